The molecule has 0 radical (unpaired) electrons. The molecular formula is C33H53N4O2+. The maximum Gasteiger partial charge on any atom is 0.279 e. The zero-order chi connectivity index (χ0) is 28.8. The Morgan fingerprint density at radius 1 is 0.718 bits per heavy atom. The number of hydrogen-bond donors (Lipinski definition) is 2. The van der Waals surface area contributed by atoms with E-state index in [1.54, 1.807) is 0 Å². The highest BCUT2D eigenvalue weighted by molar-refractivity contribution is 5.94. The summed E-state index contributed by atoms with van der Waals surface area (Å²) in [5, 5.41) is 6.28. The second-order valence-electron chi connectivity index (χ2n) is 11.5. The summed E-state index contributed by atoms with van der Waals surface area (Å²) < 4.78 is 0.760. The summed E-state index contributed by atoms with van der Waals surface area (Å²) in [7, 11) is 2.19. The van der Waals surface area contributed by atoms with Gasteiger partial charge in [0.2, 0.25) is 5.91 Å². The van der Waals surface area contributed by atoms with E-state index in [0.717, 1.165) is 83.6 Å². The summed E-state index contributed by atoms with van der Waals surface area (Å²) in [5.41, 5.74) is 6.31. The number of carbonyl (C=O) groups excluding carboxylic acids is 2. The zero-order valence-corrected chi connectivity index (χ0v) is 25.7. The first kappa shape index (κ1) is 32.5. The van der Waals surface area contributed by atoms with E-state index in [0.29, 0.717) is 13.1 Å². The van der Waals surface area contributed by atoms with Crippen molar-refractivity contribution in [2.24, 2.45) is 0 Å². The van der Waals surface area contributed by atoms with Crippen molar-refractivity contribution in [3.63, 3.8) is 0 Å². The molecule has 0 aliphatic heterocycles. The highest BCUT2D eigenvalue weighted by Crippen LogP contribution is 2.21. The average molecular weight is 538 g/mol. The SMILES string of the molecule is CCCN(CCCCCCC[N+](C)(CC)CC(=O)Nc1c(C)cccc1C)CC(=O)Nc1c(C)cccc1C. The monoisotopic (exact) mass is 537 g/mol. The molecule has 0 bridgehead atoms. The molecule has 0 aliphatic carbocycles. The normalized spacial score (nSPS) is 12.8. The Morgan fingerprint density at radius 3 is 1.72 bits per heavy atom. The maximum atomic E-state index is 12.8. The Labute approximate surface area is 237 Å². The fraction of sp³-hybridized carbons (Fsp3) is 0.576. The Morgan fingerprint density at radius 2 is 1.21 bits per heavy atom. The number of carbonyl (C=O) groups is 2. The van der Waals surface area contributed by atoms with Crippen LogP contribution in [0.2, 0.25) is 0 Å². The number of amides is 2. The predicted octanol–water partition coefficient (Wildman–Crippen LogP) is 6.63. The Bertz CT molecular complexity index is 1030. The second-order valence-corrected chi connectivity index (χ2v) is 11.5. The maximum absolute atomic E-state index is 12.8. The topological polar surface area (TPSA) is 61.4 Å². The highest BCUT2D eigenvalue weighted by Gasteiger charge is 2.23. The lowest BCUT2D eigenvalue weighted by Crippen LogP contribution is -2.49. The van der Waals surface area contributed by atoms with Gasteiger partial charge in [0.15, 0.2) is 6.54 Å². The molecule has 216 valence electrons. The lowest BCUT2D eigenvalue weighted by molar-refractivity contribution is -0.900. The lowest BCUT2D eigenvalue weighted by Gasteiger charge is -2.33. The smallest absolute Gasteiger partial charge is 0.279 e. The number of para-hydroxylation sites is 2. The Kier molecular flexibility index (Phi) is 13.7. The van der Waals surface area contributed by atoms with Crippen molar-refractivity contribution in [3.8, 4) is 0 Å². The van der Waals surface area contributed by atoms with Gasteiger partial charge in [-0.1, -0.05) is 56.2 Å². The fourth-order valence-electron chi connectivity index (χ4n) is 5.23. The minimum absolute atomic E-state index is 0.0686. The van der Waals surface area contributed by atoms with Gasteiger partial charge in [0.05, 0.1) is 26.7 Å². The molecule has 39 heavy (non-hydrogen) atoms. The van der Waals surface area contributed by atoms with Crippen LogP contribution in [0.1, 0.15) is 74.6 Å². The molecule has 0 heterocycles. The van der Waals surface area contributed by atoms with E-state index in [-0.39, 0.29) is 11.8 Å². The standard InChI is InChI=1S/C33H52N4O2/c1-8-21-36(24-30(38)34-32-26(3)17-15-18-27(32)4)22-13-11-10-12-14-23-37(7,9-2)25-31(39)35-33-28(5)19-16-20-29(33)6/h15-20H,8-14,21-25H2,1-7H3,(H-,34,35,38,39)/p+1. The quantitative estimate of drug-likeness (QED) is 0.176. The molecule has 2 N–H and O–H groups in total. The van der Waals surface area contributed by atoms with Crippen molar-refractivity contribution in [1.29, 1.82) is 0 Å². The largest absolute Gasteiger partial charge is 0.324 e. The molecule has 0 saturated carbocycles. The molecule has 2 aromatic rings. The van der Waals surface area contributed by atoms with Crippen LogP contribution in [0, 0.1) is 27.7 Å². The molecule has 1 unspecified atom stereocenters. The van der Waals surface area contributed by atoms with E-state index >= 15 is 0 Å². The molecule has 6 heteroatoms. The third kappa shape index (κ3) is 11.1. The summed E-state index contributed by atoms with van der Waals surface area (Å²) >= 11 is 0. The number of rotatable bonds is 17. The summed E-state index contributed by atoms with van der Waals surface area (Å²) in [6.07, 6.45) is 6.80. The molecule has 6 nitrogen and oxygen atoms in total. The second kappa shape index (κ2) is 16.4. The van der Waals surface area contributed by atoms with Gasteiger partial charge in [0, 0.05) is 11.4 Å². The number of likely N-dealkylation sites (N-methyl/N-ethyl adjacent to an activating group) is 1. The van der Waals surface area contributed by atoms with Crippen LogP contribution >= 0.6 is 0 Å². The van der Waals surface area contributed by atoms with Gasteiger partial charge in [0.1, 0.15) is 0 Å². The number of hydrogen-bond acceptors (Lipinski definition) is 3. The van der Waals surface area contributed by atoms with E-state index in [1.807, 2.05) is 64.1 Å². The number of anilines is 2. The van der Waals surface area contributed by atoms with E-state index in [4.69, 9.17) is 0 Å². The minimum Gasteiger partial charge on any atom is -0.324 e. The number of nitrogens with zero attached hydrogens (tertiary/aromatic N) is 2. The van der Waals surface area contributed by atoms with Crippen LogP contribution in [0.15, 0.2) is 36.4 Å². The van der Waals surface area contributed by atoms with Crippen molar-refractivity contribution in [2.75, 3.05) is 56.9 Å². The summed E-state index contributed by atoms with van der Waals surface area (Å²) in [6.45, 7) is 17.3. The molecule has 0 aliphatic rings. The number of aryl methyl sites for hydroxylation is 4. The van der Waals surface area contributed by atoms with Crippen molar-refractivity contribution in [1.82, 2.24) is 4.90 Å². The third-order valence-electron chi connectivity index (χ3n) is 7.86. The number of quaternary nitrogens is 1. The van der Waals surface area contributed by atoms with Gasteiger partial charge in [0.25, 0.3) is 5.91 Å². The molecule has 1 atom stereocenters. The zero-order valence-electron chi connectivity index (χ0n) is 25.7. The first-order chi connectivity index (χ1) is 18.6. The van der Waals surface area contributed by atoms with Gasteiger partial charge < -0.3 is 15.1 Å². The fourth-order valence-corrected chi connectivity index (χ4v) is 5.23. The summed E-state index contributed by atoms with van der Waals surface area (Å²) in [4.78, 5) is 27.8. The summed E-state index contributed by atoms with van der Waals surface area (Å²) in [6, 6.07) is 12.2. The van der Waals surface area contributed by atoms with Crippen LogP contribution in [0.25, 0.3) is 0 Å². The molecule has 0 fully saturated rings. The Hall–Kier alpha value is -2.70. The lowest BCUT2D eigenvalue weighted by atomic mass is 10.1. The van der Waals surface area contributed by atoms with Gasteiger partial charge in [-0.15, -0.1) is 0 Å². The van der Waals surface area contributed by atoms with Gasteiger partial charge in [-0.2, -0.15) is 0 Å². The van der Waals surface area contributed by atoms with Gasteiger partial charge in [-0.05, 0) is 95.6 Å². The van der Waals surface area contributed by atoms with E-state index in [9.17, 15) is 9.59 Å². The van der Waals surface area contributed by atoms with E-state index in [1.165, 1.54) is 19.3 Å². The molecule has 2 aromatic carbocycles. The van der Waals surface area contributed by atoms with E-state index < -0.39 is 0 Å². The van der Waals surface area contributed by atoms with Crippen molar-refractivity contribution >= 4 is 23.2 Å². The molecule has 0 aromatic heterocycles. The van der Waals surface area contributed by atoms with Gasteiger partial charge in [-0.25, -0.2) is 0 Å². The molecule has 2 amide bonds. The minimum atomic E-state index is 0.0686. The molecular weight excluding hydrogens is 484 g/mol. The van der Waals surface area contributed by atoms with Crippen LogP contribution in [-0.2, 0) is 9.59 Å². The number of benzene rings is 2. The average Bonchev–Trinajstić information content (AvgIpc) is 2.88. The third-order valence-corrected chi connectivity index (χ3v) is 7.86. The summed E-state index contributed by atoms with van der Waals surface area (Å²) in [5.74, 6) is 0.161. The van der Waals surface area contributed by atoms with Gasteiger partial charge >= 0.3 is 0 Å². The van der Waals surface area contributed by atoms with Crippen molar-refractivity contribution in [2.45, 2.75) is 80.1 Å². The Balaban J connectivity index is 1.70. The van der Waals surface area contributed by atoms with Crippen LogP contribution < -0.4 is 10.6 Å². The highest BCUT2D eigenvalue weighted by atomic mass is 16.2. The predicted molar refractivity (Wildman–Crippen MR) is 165 cm³/mol. The van der Waals surface area contributed by atoms with Crippen molar-refractivity contribution in [3.05, 3.63) is 58.7 Å². The van der Waals surface area contributed by atoms with Gasteiger partial charge in [-0.3, -0.25) is 14.5 Å². The molecule has 0 spiro atoms. The van der Waals surface area contributed by atoms with E-state index in [2.05, 4.69) is 36.4 Å². The van der Waals surface area contributed by atoms with Crippen molar-refractivity contribution < 1.29 is 14.1 Å². The first-order valence-electron chi connectivity index (χ1n) is 14.9. The number of unbranched alkanes of at least 4 members (excludes halogenated alkanes) is 4. The van der Waals surface area contributed by atoms with Crippen LogP contribution in [0.3, 0.4) is 0 Å². The van der Waals surface area contributed by atoms with Crippen LogP contribution in [-0.4, -0.2) is 67.5 Å². The van der Waals surface area contributed by atoms with Crippen LogP contribution in [0.5, 0.6) is 0 Å². The van der Waals surface area contributed by atoms with Crippen LogP contribution in [0.4, 0.5) is 11.4 Å². The molecule has 0 saturated heterocycles. The number of nitrogens with one attached hydrogen (secondary N) is 2. The first-order valence-corrected chi connectivity index (χ1v) is 14.9. The molecule has 2 rings (SSSR count).